The molecule has 17 aromatic carbocycles. The molecule has 120 heavy (non-hydrogen) atoms. The van der Waals surface area contributed by atoms with Gasteiger partial charge < -0.3 is 23.4 Å². The molecule has 2 aliphatic rings. The highest BCUT2D eigenvalue weighted by Gasteiger charge is 2.46. The number of benzene rings is 17. The van der Waals surface area contributed by atoms with Crippen LogP contribution in [0.4, 0.5) is 39.8 Å². The van der Waals surface area contributed by atoms with E-state index < -0.39 is 103 Å². The topological polar surface area (TPSA) is 57.6 Å². The Labute approximate surface area is 718 Å². The minimum atomic E-state index is -0.875. The number of nitrogens with zero attached hydrogens (tertiary/aromatic N) is 6. The van der Waals surface area contributed by atoms with E-state index in [1.54, 1.807) is 9.13 Å². The lowest BCUT2D eigenvalue weighted by Gasteiger charge is -2.46. The summed E-state index contributed by atoms with van der Waals surface area (Å²) in [5.74, 6) is 0. The Morgan fingerprint density at radius 3 is 1.22 bits per heavy atom. The van der Waals surface area contributed by atoms with Crippen LogP contribution in [0.15, 0.2) is 374 Å². The van der Waals surface area contributed by atoms with Gasteiger partial charge in [-0.2, -0.15) is 5.26 Å². The molecular weight excluding hydrogens is 1460 g/mol. The average molecular weight is 1550 g/mol. The number of nitriles is 1. The Bertz CT molecular complexity index is 8030. The van der Waals surface area contributed by atoms with Crippen molar-refractivity contribution in [3.05, 3.63) is 398 Å². The summed E-state index contributed by atoms with van der Waals surface area (Å²) in [5.41, 5.74) is 20.2. The summed E-state index contributed by atoms with van der Waals surface area (Å²) in [6, 6.07) is 92.2. The molecule has 0 saturated carbocycles. The van der Waals surface area contributed by atoms with Crippen LogP contribution < -0.4 is 26.2 Å². The fourth-order valence-electron chi connectivity index (χ4n) is 18.2. The second-order valence-corrected chi connectivity index (χ2v) is 33.0. The molecule has 22 rings (SSSR count). The molecule has 5 heterocycles. The maximum atomic E-state index is 10.8. The van der Waals surface area contributed by atoms with Crippen LogP contribution in [0.25, 0.3) is 160 Å². The molecule has 8 heteroatoms. The van der Waals surface area contributed by atoms with Crippen molar-refractivity contribution >= 4 is 128 Å². The van der Waals surface area contributed by atoms with E-state index in [-0.39, 0.29) is 65.8 Å². The van der Waals surface area contributed by atoms with Crippen LogP contribution >= 0.6 is 0 Å². The molecule has 0 aliphatic carbocycles. The van der Waals surface area contributed by atoms with E-state index in [2.05, 4.69) is 202 Å². The lowest BCUT2D eigenvalue weighted by Crippen LogP contribution is -2.61. The maximum absolute atomic E-state index is 10.8. The molecule has 0 atom stereocenters. The highest BCUT2D eigenvalue weighted by Crippen LogP contribution is 2.57. The lowest BCUT2D eigenvalue weighted by atomic mass is 9.33. The van der Waals surface area contributed by atoms with Gasteiger partial charge in [-0.25, -0.2) is 4.85 Å². The minimum Gasteiger partial charge on any atom is -0.456 e. The van der Waals surface area contributed by atoms with E-state index in [1.165, 1.54) is 0 Å². The monoisotopic (exact) mass is 1550 g/mol. The third kappa shape index (κ3) is 11.6. The molecule has 566 valence electrons. The van der Waals surface area contributed by atoms with Crippen LogP contribution in [0.1, 0.15) is 77.4 Å². The summed E-state index contributed by atoms with van der Waals surface area (Å²) in [6.45, 7) is 20.7. The van der Waals surface area contributed by atoms with Gasteiger partial charge in [-0.1, -0.05) is 290 Å². The summed E-state index contributed by atoms with van der Waals surface area (Å²) in [7, 11) is 0. The number of hydrogen-bond acceptors (Lipinski definition) is 4. The number of anilines is 6. The lowest BCUT2D eigenvalue weighted by molar-refractivity contribution is 0.590. The number of para-hydroxylation sites is 3. The highest BCUT2D eigenvalue weighted by molar-refractivity contribution is 7.00. The molecule has 0 spiro atoms. The van der Waals surface area contributed by atoms with Crippen molar-refractivity contribution in [2.24, 2.45) is 0 Å². The number of rotatable bonds is 11. The first-order valence-electron chi connectivity index (χ1n) is 47.2. The van der Waals surface area contributed by atoms with Crippen LogP contribution in [-0.4, -0.2) is 15.8 Å². The molecule has 0 unspecified atom stereocenters. The number of fused-ring (bicyclic) bond motifs is 13. The Morgan fingerprint density at radius 1 is 0.350 bits per heavy atom. The van der Waals surface area contributed by atoms with E-state index in [0.29, 0.717) is 61.8 Å². The predicted octanol–water partition coefficient (Wildman–Crippen LogP) is 28.5. The van der Waals surface area contributed by atoms with Crippen LogP contribution in [0, 0.1) is 17.9 Å². The van der Waals surface area contributed by atoms with Crippen molar-refractivity contribution in [2.75, 3.05) is 9.80 Å². The molecule has 0 radical (unpaired) electrons. The van der Waals surface area contributed by atoms with Gasteiger partial charge in [-0.3, -0.25) is 0 Å². The van der Waals surface area contributed by atoms with Gasteiger partial charge in [-0.15, -0.1) is 0 Å². The second kappa shape index (κ2) is 27.7. The number of hydrogen-bond donors (Lipinski definition) is 0. The van der Waals surface area contributed by atoms with E-state index in [4.69, 9.17) is 11.0 Å². The van der Waals surface area contributed by atoms with Crippen LogP contribution in [0.2, 0.25) is 0 Å². The smallest absolute Gasteiger partial charge is 0.252 e. The standard InChI is InChI=1S/C112H79BN6O/c1-111(2,3)81-46-41-71(42-47-81)78-60-89(73-26-12-8-13-27-73)109(90(61-78)74-28-14-9-15-29-74)118-102-67-84(116-98-37-23-20-34-86(98)93-58-70(69-114)40-55-100(93)116)51-53-96(102)113-97-54-52-85(117-99-38-24-21-35-87(99)94-66-83(115-7)50-56-101(94)117)68-103(97)119(105-65-80(64-104(118)108(105)113)77-45-57-107-95(59-77)88-36-22-25-39-106(88)120-107)110-91(75-30-16-10-17-31-75)62-79(63-92(110)76-32-18-11-19-33-76)72-43-48-82(49-44-72)112(4,5)6/h8-68H,1-6H3/i20D,21D,23D,24D,34D,35D,37D,38D,40D,50D,55D,56D,58D,66D. The van der Waals surface area contributed by atoms with Gasteiger partial charge in [0.2, 0.25) is 0 Å². The van der Waals surface area contributed by atoms with Gasteiger partial charge in [0.25, 0.3) is 6.71 Å². The van der Waals surface area contributed by atoms with Gasteiger partial charge in [0.15, 0.2) is 5.69 Å². The normalized spacial score (nSPS) is 14.2. The maximum Gasteiger partial charge on any atom is 0.252 e. The largest absolute Gasteiger partial charge is 0.456 e. The summed E-state index contributed by atoms with van der Waals surface area (Å²) >= 11 is 0. The molecule has 0 bridgehead atoms. The molecule has 20 aromatic rings. The second-order valence-electron chi connectivity index (χ2n) is 33.0. The number of aromatic nitrogens is 2. The molecule has 3 aromatic heterocycles. The van der Waals surface area contributed by atoms with Crippen molar-refractivity contribution in [1.82, 2.24) is 9.13 Å². The Morgan fingerprint density at radius 2 is 0.758 bits per heavy atom. The first-order valence-corrected chi connectivity index (χ1v) is 40.2. The van der Waals surface area contributed by atoms with E-state index in [0.717, 1.165) is 99.7 Å². The zero-order valence-corrected chi connectivity index (χ0v) is 66.3. The Hall–Kier alpha value is -15.2. The van der Waals surface area contributed by atoms with Crippen molar-refractivity contribution in [2.45, 2.75) is 52.4 Å². The summed E-state index contributed by atoms with van der Waals surface area (Å²) in [4.78, 5) is 8.27. The third-order valence-corrected chi connectivity index (χ3v) is 24.0. The fourth-order valence-corrected chi connectivity index (χ4v) is 18.2. The molecule has 0 fully saturated rings. The summed E-state index contributed by atoms with van der Waals surface area (Å²) < 4.78 is 146. The quantitative estimate of drug-likeness (QED) is 0.0956. The molecule has 0 amide bonds. The van der Waals surface area contributed by atoms with Crippen molar-refractivity contribution < 1.29 is 23.6 Å². The van der Waals surface area contributed by atoms with Crippen molar-refractivity contribution in [3.63, 3.8) is 0 Å². The van der Waals surface area contributed by atoms with E-state index >= 15 is 0 Å². The highest BCUT2D eigenvalue weighted by atomic mass is 16.3. The van der Waals surface area contributed by atoms with E-state index in [9.17, 15) is 24.5 Å². The predicted molar refractivity (Wildman–Crippen MR) is 503 cm³/mol. The average Bonchev–Trinajstić information content (AvgIpc) is 1.36. The molecule has 0 saturated heterocycles. The van der Waals surface area contributed by atoms with Crippen molar-refractivity contribution in [3.8, 4) is 95.3 Å². The first-order chi connectivity index (χ1) is 64.5. The van der Waals surface area contributed by atoms with Gasteiger partial charge in [0.05, 0.1) is 68.1 Å². The van der Waals surface area contributed by atoms with E-state index in [1.807, 2.05) is 146 Å². The van der Waals surface area contributed by atoms with Crippen LogP contribution in [-0.2, 0) is 10.8 Å². The zero-order valence-electron chi connectivity index (χ0n) is 80.3. The van der Waals surface area contributed by atoms with Gasteiger partial charge in [0.1, 0.15) is 11.2 Å². The molecule has 2 aliphatic heterocycles. The minimum absolute atomic E-state index is 0.0898. The Kier molecular flexibility index (Phi) is 13.4. The molecule has 0 N–H and O–H groups in total. The zero-order chi connectivity index (χ0) is 93.0. The Balaban J connectivity index is 0.966. The summed E-state index contributed by atoms with van der Waals surface area (Å²) in [6.07, 6.45) is 0. The van der Waals surface area contributed by atoms with Gasteiger partial charge in [0, 0.05) is 86.1 Å². The first kappa shape index (κ1) is 57.8. The number of furan rings is 1. The fraction of sp³-hybridized carbons (Fsp3) is 0.0714. The molecule has 7 nitrogen and oxygen atoms in total. The SMILES string of the molecule is [2H]c1c([2H])c([2H])c2c(c1[2H])c1c([2H])c(C#N)c([2H])c([2H])c1n2-c1ccc2c(c1)N(c1c(-c3ccccc3)cc(-c3ccc(C(C)(C)C)cc3)cc1-c1ccccc1)c1cc(-c3ccc4oc5ccccc5c4c3)cc3c1B2c1ccc(-n2c4c([2H])c([2H])c([2H])c([2H])c4c4c([2H])c([N+]#[C-])c([2H])c([2H])c42)cc1N3c1c(-c2ccccc2)cc(-c2ccc(C(C)(C)C)cc2)cc1-c1ccccc1. The van der Waals surface area contributed by atoms with Crippen LogP contribution in [0.3, 0.4) is 0 Å². The van der Waals surface area contributed by atoms with Crippen molar-refractivity contribution in [1.29, 1.82) is 5.26 Å². The molecular formula is C112H79BN6O. The third-order valence-electron chi connectivity index (χ3n) is 24.0. The van der Waals surface area contributed by atoms with Gasteiger partial charge in [-0.05, 0) is 221 Å². The summed E-state index contributed by atoms with van der Waals surface area (Å²) in [5, 5.41) is 12.1. The van der Waals surface area contributed by atoms with Crippen LogP contribution in [0.5, 0.6) is 0 Å². The van der Waals surface area contributed by atoms with Gasteiger partial charge >= 0.3 is 0 Å².